The number of carbonyl (C=O) groups excluding carboxylic acids is 1. The molecule has 5 rings (SSSR count). The monoisotopic (exact) mass is 602 g/mol. The summed E-state index contributed by atoms with van der Waals surface area (Å²) in [6.45, 7) is 6.15. The molecule has 0 fully saturated rings. The number of rotatable bonds is 9. The van der Waals surface area contributed by atoms with Crippen LogP contribution in [0.25, 0.3) is 0 Å². The second-order valence-corrected chi connectivity index (χ2v) is 13.0. The lowest BCUT2D eigenvalue weighted by Gasteiger charge is -2.41. The fourth-order valence-corrected chi connectivity index (χ4v) is 7.17. The third-order valence-corrected chi connectivity index (χ3v) is 10.1. The van der Waals surface area contributed by atoms with E-state index in [0.29, 0.717) is 22.7 Å². The van der Waals surface area contributed by atoms with Crippen molar-refractivity contribution in [3.8, 4) is 5.75 Å². The maximum atomic E-state index is 13.8. The van der Waals surface area contributed by atoms with Crippen molar-refractivity contribution in [1.82, 2.24) is 5.32 Å². The summed E-state index contributed by atoms with van der Waals surface area (Å²) in [5, 5.41) is 3.67. The van der Waals surface area contributed by atoms with E-state index in [0.717, 1.165) is 35.3 Å². The summed E-state index contributed by atoms with van der Waals surface area (Å²) in [6.07, 6.45) is 2.37. The number of halogens is 1. The number of ether oxygens (including phenoxy) is 1. The Bertz CT molecular complexity index is 1670. The molecule has 1 amide bonds. The number of hydrogen-bond donors (Lipinski definition) is 1. The van der Waals surface area contributed by atoms with Crippen LogP contribution in [0.5, 0.6) is 5.75 Å². The van der Waals surface area contributed by atoms with E-state index in [9.17, 15) is 13.2 Å². The van der Waals surface area contributed by atoms with E-state index in [-0.39, 0.29) is 29.0 Å². The minimum absolute atomic E-state index is 0.0726. The molecule has 6 nitrogen and oxygen atoms in total. The molecule has 0 aromatic heterocycles. The molecule has 0 saturated heterocycles. The molecule has 4 aromatic rings. The van der Waals surface area contributed by atoms with Gasteiger partial charge in [0.2, 0.25) is 0 Å². The normalized spacial score (nSPS) is 15.8. The Morgan fingerprint density at radius 1 is 0.952 bits per heavy atom. The van der Waals surface area contributed by atoms with Crippen LogP contribution in [0.15, 0.2) is 102 Å². The minimum Gasteiger partial charge on any atom is -0.487 e. The summed E-state index contributed by atoms with van der Waals surface area (Å²) in [5.74, 6) is 0.618. The van der Waals surface area contributed by atoms with Crippen molar-refractivity contribution in [2.24, 2.45) is 0 Å². The minimum atomic E-state index is -3.90. The summed E-state index contributed by atoms with van der Waals surface area (Å²) in [5.41, 5.74) is 3.15. The van der Waals surface area contributed by atoms with Crippen molar-refractivity contribution < 1.29 is 17.9 Å². The number of benzene rings is 4. The van der Waals surface area contributed by atoms with E-state index in [4.69, 9.17) is 16.3 Å². The van der Waals surface area contributed by atoms with Gasteiger partial charge in [-0.3, -0.25) is 9.10 Å². The second kappa shape index (κ2) is 12.2. The molecular formula is C34H35ClN2O4S. The molecule has 1 unspecified atom stereocenters. The molecule has 1 aliphatic heterocycles. The van der Waals surface area contributed by atoms with E-state index in [1.807, 2.05) is 31.2 Å². The van der Waals surface area contributed by atoms with Crippen molar-refractivity contribution in [2.45, 2.75) is 63.1 Å². The van der Waals surface area contributed by atoms with Crippen molar-refractivity contribution in [3.63, 3.8) is 0 Å². The predicted octanol–water partition coefficient (Wildman–Crippen LogP) is 7.86. The number of nitrogens with zero attached hydrogens (tertiary/aromatic N) is 1. The van der Waals surface area contributed by atoms with E-state index < -0.39 is 10.0 Å². The van der Waals surface area contributed by atoms with Crippen LogP contribution in [0.4, 0.5) is 5.69 Å². The Labute approximate surface area is 253 Å². The second-order valence-electron chi connectivity index (χ2n) is 10.7. The number of para-hydroxylation sites is 1. The molecule has 1 N–H and O–H groups in total. The highest BCUT2D eigenvalue weighted by molar-refractivity contribution is 7.92. The molecule has 8 heteroatoms. The molecule has 4 aromatic carbocycles. The van der Waals surface area contributed by atoms with Crippen LogP contribution in [0.3, 0.4) is 0 Å². The summed E-state index contributed by atoms with van der Waals surface area (Å²) >= 11 is 6.29. The Morgan fingerprint density at radius 3 is 2.31 bits per heavy atom. The summed E-state index contributed by atoms with van der Waals surface area (Å²) < 4.78 is 35.4. The first-order valence-corrected chi connectivity index (χ1v) is 16.0. The van der Waals surface area contributed by atoms with Gasteiger partial charge in [0, 0.05) is 22.6 Å². The molecule has 1 atom stereocenters. The third kappa shape index (κ3) is 6.03. The number of fused-ring (bicyclic) bond motifs is 1. The molecule has 42 heavy (non-hydrogen) atoms. The third-order valence-electron chi connectivity index (χ3n) is 8.10. The first-order valence-electron chi connectivity index (χ1n) is 14.2. The molecule has 0 saturated carbocycles. The van der Waals surface area contributed by atoms with Gasteiger partial charge in [-0.05, 0) is 73.4 Å². The average molecular weight is 603 g/mol. The molecule has 0 radical (unpaired) electrons. The zero-order chi connectivity index (χ0) is 29.9. The van der Waals surface area contributed by atoms with Gasteiger partial charge in [0.05, 0.1) is 23.2 Å². The highest BCUT2D eigenvalue weighted by atomic mass is 35.5. The Kier molecular flexibility index (Phi) is 8.62. The number of amides is 1. The average Bonchev–Trinajstić information content (AvgIpc) is 3.01. The number of hydrogen-bond acceptors (Lipinski definition) is 4. The largest absolute Gasteiger partial charge is 0.487 e. The lowest BCUT2D eigenvalue weighted by molar-refractivity contribution is 0.0227. The SMILES string of the molecule is CCC1(CC)CC(NC(=O)c2ccc(CN(c3cc(Cl)ccc3C)S(=O)(=O)c3ccccc3)cc2)c2ccccc2O1. The van der Waals surface area contributed by atoms with Crippen molar-refractivity contribution in [1.29, 1.82) is 0 Å². The smallest absolute Gasteiger partial charge is 0.264 e. The van der Waals surface area contributed by atoms with Gasteiger partial charge in [0.25, 0.3) is 15.9 Å². The lowest BCUT2D eigenvalue weighted by atomic mass is 9.83. The topological polar surface area (TPSA) is 75.7 Å². The van der Waals surface area contributed by atoms with Gasteiger partial charge in [-0.25, -0.2) is 8.42 Å². The van der Waals surface area contributed by atoms with Crippen molar-refractivity contribution in [2.75, 3.05) is 4.31 Å². The van der Waals surface area contributed by atoms with Gasteiger partial charge in [0.15, 0.2) is 0 Å². The highest BCUT2D eigenvalue weighted by Gasteiger charge is 2.39. The van der Waals surface area contributed by atoms with Gasteiger partial charge >= 0.3 is 0 Å². The zero-order valence-electron chi connectivity index (χ0n) is 24.0. The zero-order valence-corrected chi connectivity index (χ0v) is 25.6. The Balaban J connectivity index is 1.40. The van der Waals surface area contributed by atoms with Crippen molar-refractivity contribution >= 4 is 33.2 Å². The van der Waals surface area contributed by atoms with Crippen LogP contribution in [-0.4, -0.2) is 19.9 Å². The standard InChI is InChI=1S/C34H35ClN2O4S/c1-4-34(5-2)22-30(29-13-9-10-14-32(29)41-34)36-33(38)26-18-16-25(17-19-26)23-37(31-21-27(35)20-15-24(31)3)42(39,40)28-11-7-6-8-12-28/h6-21,30H,4-5,22-23H2,1-3H3,(H,36,38). The van der Waals surface area contributed by atoms with Crippen LogP contribution in [0.2, 0.25) is 5.02 Å². The maximum absolute atomic E-state index is 13.8. The highest BCUT2D eigenvalue weighted by Crippen LogP contribution is 2.42. The van der Waals surface area contributed by atoms with Gasteiger partial charge in [-0.15, -0.1) is 0 Å². The summed E-state index contributed by atoms with van der Waals surface area (Å²) in [4.78, 5) is 13.6. The number of aryl methyl sites for hydroxylation is 1. The molecule has 0 bridgehead atoms. The van der Waals surface area contributed by atoms with Gasteiger partial charge in [0.1, 0.15) is 11.4 Å². The van der Waals surface area contributed by atoms with Gasteiger partial charge < -0.3 is 10.1 Å². The Hall–Kier alpha value is -3.81. The van der Waals surface area contributed by atoms with Crippen LogP contribution < -0.4 is 14.4 Å². The first kappa shape index (κ1) is 29.7. The maximum Gasteiger partial charge on any atom is 0.264 e. The lowest BCUT2D eigenvalue weighted by Crippen LogP contribution is -2.44. The molecule has 1 heterocycles. The molecule has 0 spiro atoms. The fourth-order valence-electron chi connectivity index (χ4n) is 5.47. The fraction of sp³-hybridized carbons (Fsp3) is 0.265. The predicted molar refractivity (Wildman–Crippen MR) is 168 cm³/mol. The van der Waals surface area contributed by atoms with Crippen molar-refractivity contribution in [3.05, 3.63) is 124 Å². The molecule has 1 aliphatic rings. The van der Waals surface area contributed by atoms with Crippen LogP contribution in [0, 0.1) is 6.92 Å². The summed E-state index contributed by atoms with van der Waals surface area (Å²) in [6, 6.07) is 28.3. The van der Waals surface area contributed by atoms with Crippen LogP contribution in [-0.2, 0) is 16.6 Å². The number of anilines is 1. The Morgan fingerprint density at radius 2 is 1.62 bits per heavy atom. The van der Waals surface area contributed by atoms with E-state index in [1.54, 1.807) is 72.8 Å². The molecule has 0 aliphatic carbocycles. The summed E-state index contributed by atoms with van der Waals surface area (Å²) in [7, 11) is -3.90. The molecule has 218 valence electrons. The van der Waals surface area contributed by atoms with E-state index in [2.05, 4.69) is 19.2 Å². The van der Waals surface area contributed by atoms with Crippen LogP contribution >= 0.6 is 11.6 Å². The molecular weight excluding hydrogens is 568 g/mol. The van der Waals surface area contributed by atoms with E-state index >= 15 is 0 Å². The van der Waals surface area contributed by atoms with Crippen LogP contribution in [0.1, 0.15) is 66.2 Å². The van der Waals surface area contributed by atoms with E-state index in [1.165, 1.54) is 4.31 Å². The number of nitrogens with one attached hydrogen (secondary N) is 1. The van der Waals surface area contributed by atoms with Gasteiger partial charge in [-0.2, -0.15) is 0 Å². The quantitative estimate of drug-likeness (QED) is 0.212. The number of sulfonamides is 1. The van der Waals surface area contributed by atoms with Gasteiger partial charge in [-0.1, -0.05) is 80.0 Å². The number of carbonyl (C=O) groups is 1. The first-order chi connectivity index (χ1) is 20.2.